The van der Waals surface area contributed by atoms with Crippen LogP contribution < -0.4 is 5.32 Å². The van der Waals surface area contributed by atoms with E-state index in [9.17, 15) is 4.79 Å². The molecule has 1 aromatic rings. The van der Waals surface area contributed by atoms with Gasteiger partial charge in [-0.1, -0.05) is 24.9 Å². The van der Waals surface area contributed by atoms with Crippen molar-refractivity contribution in [1.82, 2.24) is 10.3 Å². The highest BCUT2D eigenvalue weighted by molar-refractivity contribution is 5.91. The SMILES string of the molecule is Cc1nonc1NC(=O)COC1CCCC(C)C1. The van der Waals surface area contributed by atoms with E-state index in [1.807, 2.05) is 0 Å². The van der Waals surface area contributed by atoms with Crippen LogP contribution in [0.4, 0.5) is 5.82 Å². The van der Waals surface area contributed by atoms with Gasteiger partial charge < -0.3 is 10.1 Å². The summed E-state index contributed by atoms with van der Waals surface area (Å²) in [4.78, 5) is 11.6. The minimum Gasteiger partial charge on any atom is -0.368 e. The highest BCUT2D eigenvalue weighted by Crippen LogP contribution is 2.25. The lowest BCUT2D eigenvalue weighted by Gasteiger charge is -2.26. The number of hydrogen-bond acceptors (Lipinski definition) is 5. The zero-order chi connectivity index (χ0) is 13.0. The number of aryl methyl sites for hydroxylation is 1. The zero-order valence-corrected chi connectivity index (χ0v) is 10.8. The standard InChI is InChI=1S/C12H19N3O3/c1-8-4-3-5-10(6-8)17-7-11(16)13-12-9(2)14-18-15-12/h8,10H,3-7H2,1-2H3,(H,13,15,16). The maximum atomic E-state index is 11.6. The number of hydrogen-bond donors (Lipinski definition) is 1. The summed E-state index contributed by atoms with van der Waals surface area (Å²) in [5.41, 5.74) is 0.564. The normalized spacial score (nSPS) is 23.9. The highest BCUT2D eigenvalue weighted by Gasteiger charge is 2.20. The molecule has 1 saturated carbocycles. The molecule has 1 heterocycles. The summed E-state index contributed by atoms with van der Waals surface area (Å²) in [6, 6.07) is 0. The number of carbonyl (C=O) groups is 1. The number of ether oxygens (including phenoxy) is 1. The first kappa shape index (κ1) is 13.0. The molecule has 0 bridgehead atoms. The molecule has 100 valence electrons. The van der Waals surface area contributed by atoms with Crippen molar-refractivity contribution in [3.05, 3.63) is 5.69 Å². The molecule has 2 rings (SSSR count). The Balaban J connectivity index is 1.73. The molecular weight excluding hydrogens is 234 g/mol. The summed E-state index contributed by atoms with van der Waals surface area (Å²) in [5, 5.41) is 9.79. The molecule has 1 aromatic heterocycles. The maximum Gasteiger partial charge on any atom is 0.251 e. The van der Waals surface area contributed by atoms with Crippen molar-refractivity contribution in [2.45, 2.75) is 45.6 Å². The Morgan fingerprint density at radius 1 is 1.50 bits per heavy atom. The van der Waals surface area contributed by atoms with Gasteiger partial charge in [-0.2, -0.15) is 0 Å². The van der Waals surface area contributed by atoms with Crippen LogP contribution in [0, 0.1) is 12.8 Å². The summed E-state index contributed by atoms with van der Waals surface area (Å²) < 4.78 is 10.1. The summed E-state index contributed by atoms with van der Waals surface area (Å²) in [6.07, 6.45) is 4.73. The van der Waals surface area contributed by atoms with Gasteiger partial charge in [-0.15, -0.1) is 0 Å². The minimum absolute atomic E-state index is 0.0592. The second-order valence-corrected chi connectivity index (χ2v) is 4.95. The largest absolute Gasteiger partial charge is 0.368 e. The molecule has 1 amide bonds. The van der Waals surface area contributed by atoms with E-state index in [1.165, 1.54) is 12.8 Å². The van der Waals surface area contributed by atoms with Crippen LogP contribution in [0.3, 0.4) is 0 Å². The zero-order valence-electron chi connectivity index (χ0n) is 10.8. The average molecular weight is 253 g/mol. The molecule has 0 aromatic carbocycles. The Morgan fingerprint density at radius 3 is 3.00 bits per heavy atom. The number of nitrogens with zero attached hydrogens (tertiary/aromatic N) is 2. The van der Waals surface area contributed by atoms with E-state index < -0.39 is 0 Å². The van der Waals surface area contributed by atoms with Gasteiger partial charge in [0, 0.05) is 0 Å². The molecule has 6 nitrogen and oxygen atoms in total. The smallest absolute Gasteiger partial charge is 0.251 e. The van der Waals surface area contributed by atoms with Crippen LogP contribution in [0.5, 0.6) is 0 Å². The second-order valence-electron chi connectivity index (χ2n) is 4.95. The van der Waals surface area contributed by atoms with Crippen molar-refractivity contribution < 1.29 is 14.2 Å². The molecule has 1 aliphatic rings. The van der Waals surface area contributed by atoms with Gasteiger partial charge >= 0.3 is 0 Å². The topological polar surface area (TPSA) is 77.3 Å². The third kappa shape index (κ3) is 3.53. The van der Waals surface area contributed by atoms with E-state index in [0.29, 0.717) is 17.4 Å². The van der Waals surface area contributed by atoms with Crippen molar-refractivity contribution in [2.75, 3.05) is 11.9 Å². The predicted molar refractivity (Wildman–Crippen MR) is 65.0 cm³/mol. The summed E-state index contributed by atoms with van der Waals surface area (Å²) in [5.74, 6) is 0.835. The van der Waals surface area contributed by atoms with Crippen LogP contribution in [0.25, 0.3) is 0 Å². The highest BCUT2D eigenvalue weighted by atomic mass is 16.6. The van der Waals surface area contributed by atoms with Crippen molar-refractivity contribution in [1.29, 1.82) is 0 Å². The Bertz CT molecular complexity index is 405. The molecule has 0 radical (unpaired) electrons. The van der Waals surface area contributed by atoms with Crippen molar-refractivity contribution >= 4 is 11.7 Å². The molecule has 1 fully saturated rings. The van der Waals surface area contributed by atoms with Crippen molar-refractivity contribution in [2.24, 2.45) is 5.92 Å². The van der Waals surface area contributed by atoms with Gasteiger partial charge in [0.25, 0.3) is 5.91 Å². The van der Waals surface area contributed by atoms with Gasteiger partial charge in [0.2, 0.25) is 0 Å². The van der Waals surface area contributed by atoms with E-state index in [4.69, 9.17) is 4.74 Å². The molecule has 1 N–H and O–H groups in total. The quantitative estimate of drug-likeness (QED) is 0.886. The Labute approximate surface area is 106 Å². The average Bonchev–Trinajstić information content (AvgIpc) is 2.73. The molecule has 18 heavy (non-hydrogen) atoms. The van der Waals surface area contributed by atoms with Crippen molar-refractivity contribution in [3.63, 3.8) is 0 Å². The van der Waals surface area contributed by atoms with Crippen LogP contribution >= 0.6 is 0 Å². The first-order valence-corrected chi connectivity index (χ1v) is 6.35. The number of aromatic nitrogens is 2. The van der Waals surface area contributed by atoms with Crippen LogP contribution in [0.15, 0.2) is 4.63 Å². The molecule has 2 atom stereocenters. The van der Waals surface area contributed by atoms with E-state index in [-0.39, 0.29) is 18.6 Å². The van der Waals surface area contributed by atoms with Crippen LogP contribution in [-0.4, -0.2) is 28.9 Å². The fourth-order valence-corrected chi connectivity index (χ4v) is 2.24. The van der Waals surface area contributed by atoms with Crippen LogP contribution in [0.1, 0.15) is 38.3 Å². The Hall–Kier alpha value is -1.43. The third-order valence-corrected chi connectivity index (χ3v) is 3.25. The molecule has 0 spiro atoms. The fourth-order valence-electron chi connectivity index (χ4n) is 2.24. The van der Waals surface area contributed by atoms with E-state index in [0.717, 1.165) is 12.8 Å². The molecule has 0 aliphatic heterocycles. The van der Waals surface area contributed by atoms with Crippen LogP contribution in [-0.2, 0) is 9.53 Å². The van der Waals surface area contributed by atoms with Gasteiger partial charge in [-0.3, -0.25) is 4.79 Å². The maximum absolute atomic E-state index is 11.6. The van der Waals surface area contributed by atoms with Crippen molar-refractivity contribution in [3.8, 4) is 0 Å². The van der Waals surface area contributed by atoms with Crippen LogP contribution in [0.2, 0.25) is 0 Å². The molecule has 2 unspecified atom stereocenters. The number of carbonyl (C=O) groups excluding carboxylic acids is 1. The number of rotatable bonds is 4. The first-order chi connectivity index (χ1) is 8.65. The monoisotopic (exact) mass is 253 g/mol. The molecule has 1 aliphatic carbocycles. The summed E-state index contributed by atoms with van der Waals surface area (Å²) >= 11 is 0. The lowest BCUT2D eigenvalue weighted by atomic mass is 9.89. The second kappa shape index (κ2) is 5.95. The van der Waals surface area contributed by atoms with E-state index in [2.05, 4.69) is 27.2 Å². The minimum atomic E-state index is -0.216. The van der Waals surface area contributed by atoms with E-state index >= 15 is 0 Å². The molecule has 6 heteroatoms. The lowest BCUT2D eigenvalue weighted by molar-refractivity contribution is -0.123. The number of anilines is 1. The first-order valence-electron chi connectivity index (χ1n) is 6.35. The lowest BCUT2D eigenvalue weighted by Crippen LogP contribution is -2.27. The Morgan fingerprint density at radius 2 is 2.33 bits per heavy atom. The van der Waals surface area contributed by atoms with Gasteiger partial charge in [0.15, 0.2) is 5.82 Å². The van der Waals surface area contributed by atoms with E-state index in [1.54, 1.807) is 6.92 Å². The molecular formula is C12H19N3O3. The predicted octanol–water partition coefficient (Wildman–Crippen LogP) is 1.91. The third-order valence-electron chi connectivity index (χ3n) is 3.25. The summed E-state index contributed by atoms with van der Waals surface area (Å²) in [7, 11) is 0. The van der Waals surface area contributed by atoms with Gasteiger partial charge in [0.1, 0.15) is 12.3 Å². The number of nitrogens with one attached hydrogen (secondary N) is 1. The fraction of sp³-hybridized carbons (Fsp3) is 0.750. The number of amides is 1. The van der Waals surface area contributed by atoms with Gasteiger partial charge in [0.05, 0.1) is 6.10 Å². The Kier molecular flexibility index (Phi) is 4.30. The molecule has 0 saturated heterocycles. The summed E-state index contributed by atoms with van der Waals surface area (Å²) in [6.45, 7) is 4.00. The van der Waals surface area contributed by atoms with Gasteiger partial charge in [-0.05, 0) is 30.8 Å². The van der Waals surface area contributed by atoms with Gasteiger partial charge in [-0.25, -0.2) is 4.63 Å².